The fourth-order valence-corrected chi connectivity index (χ4v) is 3.89. The molecule has 0 bridgehead atoms. The van der Waals surface area contributed by atoms with Crippen molar-refractivity contribution >= 4 is 41.9 Å². The summed E-state index contributed by atoms with van der Waals surface area (Å²) in [6.07, 6.45) is 26.2. The van der Waals surface area contributed by atoms with Crippen LogP contribution in [-0.2, 0) is 14.3 Å². The van der Waals surface area contributed by atoms with Crippen LogP contribution >= 0.6 is 0 Å². The van der Waals surface area contributed by atoms with Gasteiger partial charge in [-0.05, 0) is 38.5 Å². The molecule has 0 saturated carbocycles. The second-order valence-electron chi connectivity index (χ2n) is 10.7. The number of carbonyl (C=O) groups is 3. The number of hydrogen-bond acceptors (Lipinski definition) is 6. The molecular formula is C33H65NO6Sn. The van der Waals surface area contributed by atoms with Gasteiger partial charge in [-0.2, -0.15) is 0 Å². The zero-order chi connectivity index (χ0) is 30.5. The molecule has 0 aromatic carbocycles. The van der Waals surface area contributed by atoms with Crippen LogP contribution < -0.4 is 15.5 Å². The Kier molecular flexibility index (Phi) is 49.8. The summed E-state index contributed by atoms with van der Waals surface area (Å²) in [7, 11) is 0. The zero-order valence-corrected chi connectivity index (χ0v) is 30.2. The third kappa shape index (κ3) is 55.6. The van der Waals surface area contributed by atoms with Crippen molar-refractivity contribution in [3.63, 3.8) is 0 Å². The number of rotatable bonds is 26. The van der Waals surface area contributed by atoms with E-state index >= 15 is 0 Å². The van der Waals surface area contributed by atoms with Crippen LogP contribution in [0, 0.1) is 0 Å². The molecule has 0 unspecified atom stereocenters. The van der Waals surface area contributed by atoms with E-state index in [1.54, 1.807) is 0 Å². The molecule has 0 saturated heterocycles. The molecular weight excluding hydrogens is 625 g/mol. The average molecular weight is 691 g/mol. The minimum Gasteiger partial charge on any atom is -0.550 e. The predicted octanol–water partition coefficient (Wildman–Crippen LogP) is 7.25. The van der Waals surface area contributed by atoms with Gasteiger partial charge in [0.25, 0.3) is 0 Å². The van der Waals surface area contributed by atoms with Crippen molar-refractivity contribution in [1.29, 1.82) is 0 Å². The van der Waals surface area contributed by atoms with Gasteiger partial charge in [0.15, 0.2) is 0 Å². The number of alkyl carbamates (subject to hydrolysis) is 1. The minimum absolute atomic E-state index is 0. The van der Waals surface area contributed by atoms with Crippen LogP contribution in [0.4, 0.5) is 4.79 Å². The first-order chi connectivity index (χ1) is 19.3. The summed E-state index contributed by atoms with van der Waals surface area (Å²) < 4.78 is 4.88. The van der Waals surface area contributed by atoms with Crippen molar-refractivity contribution < 1.29 is 29.3 Å². The van der Waals surface area contributed by atoms with Gasteiger partial charge in [-0.3, -0.25) is 0 Å². The normalized spacial score (nSPS) is 9.85. The zero-order valence-electron chi connectivity index (χ0n) is 27.3. The molecule has 8 heteroatoms. The summed E-state index contributed by atoms with van der Waals surface area (Å²) in [4.78, 5) is 31.0. The maximum atomic E-state index is 10.9. The van der Waals surface area contributed by atoms with Gasteiger partial charge in [-0.25, -0.2) is 4.79 Å². The Morgan fingerprint density at radius 1 is 0.488 bits per heavy atom. The fourth-order valence-electron chi connectivity index (χ4n) is 3.89. The van der Waals surface area contributed by atoms with Gasteiger partial charge in [0.05, 0.1) is 6.61 Å². The molecule has 0 atom stereocenters. The Hall–Kier alpha value is -0.991. The summed E-state index contributed by atoms with van der Waals surface area (Å²) in [5.74, 6) is -1.82. The third-order valence-electron chi connectivity index (χ3n) is 6.50. The van der Waals surface area contributed by atoms with Crippen molar-refractivity contribution in [2.24, 2.45) is 0 Å². The smallest absolute Gasteiger partial charge is 0.550 e. The summed E-state index contributed by atoms with van der Waals surface area (Å²) in [5.41, 5.74) is 0. The van der Waals surface area contributed by atoms with Gasteiger partial charge in [0.1, 0.15) is 0 Å². The van der Waals surface area contributed by atoms with E-state index in [0.717, 1.165) is 57.9 Å². The minimum atomic E-state index is -0.909. The third-order valence-corrected chi connectivity index (χ3v) is 6.50. The molecule has 1 amide bonds. The molecule has 0 heterocycles. The number of unbranched alkanes of at least 4 members (excludes halogenated alkanes) is 18. The van der Waals surface area contributed by atoms with E-state index < -0.39 is 11.9 Å². The largest absolute Gasteiger partial charge is 2.00 e. The maximum absolute atomic E-state index is 10.9. The summed E-state index contributed by atoms with van der Waals surface area (Å²) in [5, 5.41) is 22.9. The summed E-state index contributed by atoms with van der Waals surface area (Å²) in [6, 6.07) is 0. The number of nitrogens with one attached hydrogen (secondary N) is 1. The van der Waals surface area contributed by atoms with E-state index in [0.29, 0.717) is 6.61 Å². The molecule has 0 aromatic rings. The second kappa shape index (κ2) is 43.5. The molecule has 7 nitrogen and oxygen atoms in total. The summed E-state index contributed by atoms with van der Waals surface area (Å²) >= 11 is 0. The molecule has 0 aliphatic heterocycles. The molecule has 0 aromatic heterocycles. The number of carboxylic acids is 2. The van der Waals surface area contributed by atoms with E-state index in [-0.39, 0.29) is 42.8 Å². The van der Waals surface area contributed by atoms with Crippen LogP contribution in [0.15, 0.2) is 0 Å². The van der Waals surface area contributed by atoms with Crippen molar-refractivity contribution in [1.82, 2.24) is 5.32 Å². The second-order valence-corrected chi connectivity index (χ2v) is 10.7. The van der Waals surface area contributed by atoms with Gasteiger partial charge in [0.2, 0.25) is 0 Å². The molecule has 0 rings (SSSR count). The Bertz CT molecular complexity index is 490. The predicted molar refractivity (Wildman–Crippen MR) is 169 cm³/mol. The first kappa shape index (κ1) is 47.0. The van der Waals surface area contributed by atoms with Gasteiger partial charge in [-0.1, -0.05) is 143 Å². The number of hydrogen-bond donors (Lipinski definition) is 1. The number of carboxylic acid groups (broad SMARTS) is 2. The fraction of sp³-hybridized carbons (Fsp3) is 0.909. The van der Waals surface area contributed by atoms with Crippen LogP contribution in [0.25, 0.3) is 0 Å². The maximum Gasteiger partial charge on any atom is 2.00 e. The van der Waals surface area contributed by atoms with Gasteiger partial charge in [0, 0.05) is 18.5 Å². The Labute approximate surface area is 270 Å². The number of ether oxygens (including phenoxy) is 1. The number of amides is 1. The van der Waals surface area contributed by atoms with Gasteiger partial charge in [-0.15, -0.1) is 0 Å². The molecule has 1 N–H and O–H groups in total. The van der Waals surface area contributed by atoms with Crippen molar-refractivity contribution in [3.05, 3.63) is 0 Å². The Balaban J connectivity index is -0.000000248. The quantitative estimate of drug-likeness (QED) is 0.0755. The number of aliphatic carboxylic acids is 2. The molecule has 242 valence electrons. The van der Waals surface area contributed by atoms with E-state index in [1.165, 1.54) is 89.9 Å². The van der Waals surface area contributed by atoms with E-state index in [2.05, 4.69) is 33.0 Å². The van der Waals surface area contributed by atoms with Crippen LogP contribution in [0.2, 0.25) is 0 Å². The number of carbonyl (C=O) groups excluding carboxylic acids is 3. The summed E-state index contributed by atoms with van der Waals surface area (Å²) in [6.45, 7) is 9.86. The standard InChI is InChI=1S/2C12H24O2.C9H19NO2.Sn/c2*1-2-3-4-5-6-7-8-9-10-11-12(13)14;1-3-5-7-10-9(11)12-8-6-4-2;/h2*2-11H2,1H3,(H,13,14);3-8H2,1-2H3,(H,10,11);/q;;;+2/p-2. The van der Waals surface area contributed by atoms with Crippen molar-refractivity contribution in [2.45, 2.75) is 182 Å². The molecule has 2 radical (unpaired) electrons. The average Bonchev–Trinajstić information content (AvgIpc) is 2.92. The van der Waals surface area contributed by atoms with Gasteiger partial charge >= 0.3 is 30.0 Å². The SMILES string of the molecule is CCCCCCCCCCCC(=O)[O-].CCCCCCCCCCCC(=O)[O-].CCCCNC(=O)OCCCC.[Sn+2]. The molecule has 41 heavy (non-hydrogen) atoms. The molecule has 0 aliphatic carbocycles. The van der Waals surface area contributed by atoms with E-state index in [4.69, 9.17) is 4.74 Å². The Morgan fingerprint density at radius 2 is 0.805 bits per heavy atom. The van der Waals surface area contributed by atoms with Crippen LogP contribution in [0.3, 0.4) is 0 Å². The van der Waals surface area contributed by atoms with Crippen molar-refractivity contribution in [2.75, 3.05) is 13.2 Å². The van der Waals surface area contributed by atoms with Crippen LogP contribution in [0.1, 0.15) is 182 Å². The van der Waals surface area contributed by atoms with Crippen molar-refractivity contribution in [3.8, 4) is 0 Å². The van der Waals surface area contributed by atoms with Gasteiger partial charge < -0.3 is 29.9 Å². The Morgan fingerprint density at radius 3 is 1.12 bits per heavy atom. The topological polar surface area (TPSA) is 119 Å². The monoisotopic (exact) mass is 691 g/mol. The van der Waals surface area contributed by atoms with E-state index in [1.807, 2.05) is 0 Å². The molecule has 0 fully saturated rings. The molecule has 0 spiro atoms. The first-order valence-electron chi connectivity index (χ1n) is 16.7. The van der Waals surface area contributed by atoms with E-state index in [9.17, 15) is 24.6 Å². The van der Waals surface area contributed by atoms with Crippen LogP contribution in [-0.4, -0.2) is 55.1 Å². The first-order valence-corrected chi connectivity index (χ1v) is 16.7. The molecule has 0 aliphatic rings. The van der Waals surface area contributed by atoms with Crippen LogP contribution in [0.5, 0.6) is 0 Å².